The van der Waals surface area contributed by atoms with Gasteiger partial charge in [0, 0.05) is 18.2 Å². The molecular formula is C14H12N2O5. The van der Waals surface area contributed by atoms with Gasteiger partial charge in [-0.15, -0.1) is 0 Å². The Hall–Kier alpha value is -2.96. The number of fused-ring (bicyclic) bond motifs is 2. The van der Waals surface area contributed by atoms with Crippen molar-refractivity contribution in [1.82, 2.24) is 0 Å². The Labute approximate surface area is 120 Å². The number of hydrogen-bond acceptors (Lipinski definition) is 6. The van der Waals surface area contributed by atoms with Crippen molar-refractivity contribution in [2.24, 2.45) is 0 Å². The minimum Gasteiger partial charge on any atom is -0.496 e. The van der Waals surface area contributed by atoms with E-state index in [2.05, 4.69) is 5.32 Å². The number of nitrogens with zero attached hydrogens (tertiary/aromatic N) is 1. The maximum atomic E-state index is 10.8. The predicted molar refractivity (Wildman–Crippen MR) is 76.0 cm³/mol. The quantitative estimate of drug-likeness (QED) is 0.587. The lowest BCUT2D eigenvalue weighted by Crippen LogP contribution is -2.05. The van der Waals surface area contributed by atoms with E-state index < -0.39 is 4.92 Å². The molecule has 1 aliphatic heterocycles. The van der Waals surface area contributed by atoms with E-state index in [1.54, 1.807) is 25.3 Å². The van der Waals surface area contributed by atoms with Crippen molar-refractivity contribution < 1.29 is 19.1 Å². The molecule has 0 saturated heterocycles. The molecule has 0 aliphatic carbocycles. The summed E-state index contributed by atoms with van der Waals surface area (Å²) in [5.74, 6) is 2.00. The highest BCUT2D eigenvalue weighted by Gasteiger charge is 2.23. The first-order valence-electron chi connectivity index (χ1n) is 6.11. The fourth-order valence-corrected chi connectivity index (χ4v) is 2.11. The van der Waals surface area contributed by atoms with Gasteiger partial charge in [0.15, 0.2) is 11.5 Å². The van der Waals surface area contributed by atoms with Gasteiger partial charge in [0.1, 0.15) is 17.2 Å². The Morgan fingerprint density at radius 2 is 1.95 bits per heavy atom. The van der Waals surface area contributed by atoms with Gasteiger partial charge in [-0.05, 0) is 6.07 Å². The molecule has 0 aromatic heterocycles. The fraction of sp³-hybridized carbons (Fsp3) is 0.143. The van der Waals surface area contributed by atoms with Crippen LogP contribution in [0.2, 0.25) is 0 Å². The smallest absolute Gasteiger partial charge is 0.273 e. The second-order valence-electron chi connectivity index (χ2n) is 4.37. The standard InChI is InChI=1S/C14H12N2O5/c1-19-9-6-12(20-2)14-13(7-9)21-11-5-8(16(17)18)3-4-10(11)15-14/h3-7,15H,1-2H3. The molecule has 1 aliphatic rings. The summed E-state index contributed by atoms with van der Waals surface area (Å²) < 4.78 is 16.2. The molecule has 0 amide bonds. The third-order valence-corrected chi connectivity index (χ3v) is 3.15. The zero-order valence-corrected chi connectivity index (χ0v) is 11.4. The molecule has 0 spiro atoms. The Morgan fingerprint density at radius 1 is 1.14 bits per heavy atom. The van der Waals surface area contributed by atoms with Crippen molar-refractivity contribution in [3.8, 4) is 23.0 Å². The van der Waals surface area contributed by atoms with Crippen molar-refractivity contribution in [1.29, 1.82) is 0 Å². The molecule has 0 radical (unpaired) electrons. The minimum absolute atomic E-state index is 0.0335. The van der Waals surface area contributed by atoms with Crippen LogP contribution in [0.3, 0.4) is 0 Å². The van der Waals surface area contributed by atoms with Crippen LogP contribution in [-0.2, 0) is 0 Å². The Balaban J connectivity index is 2.07. The first-order valence-corrected chi connectivity index (χ1v) is 6.11. The van der Waals surface area contributed by atoms with E-state index in [0.29, 0.717) is 34.4 Å². The number of benzene rings is 2. The summed E-state index contributed by atoms with van der Waals surface area (Å²) in [6.45, 7) is 0. The van der Waals surface area contributed by atoms with E-state index in [4.69, 9.17) is 14.2 Å². The van der Waals surface area contributed by atoms with Gasteiger partial charge < -0.3 is 19.5 Å². The summed E-state index contributed by atoms with van der Waals surface area (Å²) in [6.07, 6.45) is 0. The van der Waals surface area contributed by atoms with Gasteiger partial charge in [-0.3, -0.25) is 10.1 Å². The van der Waals surface area contributed by atoms with Crippen LogP contribution in [0.25, 0.3) is 0 Å². The van der Waals surface area contributed by atoms with Crippen molar-refractivity contribution in [3.05, 3.63) is 40.4 Å². The van der Waals surface area contributed by atoms with Crippen LogP contribution in [0.5, 0.6) is 23.0 Å². The third kappa shape index (κ3) is 2.18. The molecule has 0 unspecified atom stereocenters. The van der Waals surface area contributed by atoms with Crippen LogP contribution in [0.15, 0.2) is 30.3 Å². The summed E-state index contributed by atoms with van der Waals surface area (Å²) >= 11 is 0. The van der Waals surface area contributed by atoms with Gasteiger partial charge in [-0.1, -0.05) is 0 Å². The molecule has 3 rings (SSSR count). The van der Waals surface area contributed by atoms with Crippen LogP contribution in [-0.4, -0.2) is 19.1 Å². The summed E-state index contributed by atoms with van der Waals surface area (Å²) in [6, 6.07) is 7.80. The average Bonchev–Trinajstić information content (AvgIpc) is 2.51. The predicted octanol–water partition coefficient (Wildman–Crippen LogP) is 3.46. The highest BCUT2D eigenvalue weighted by Crippen LogP contribution is 2.49. The first-order chi connectivity index (χ1) is 10.1. The summed E-state index contributed by atoms with van der Waals surface area (Å²) in [4.78, 5) is 10.4. The SMILES string of the molecule is COc1cc(OC)c2c(c1)Oc1cc([N+](=O)[O-])ccc1N2. The van der Waals surface area contributed by atoms with Gasteiger partial charge in [0.05, 0.1) is 30.9 Å². The van der Waals surface area contributed by atoms with E-state index in [9.17, 15) is 10.1 Å². The van der Waals surface area contributed by atoms with Crippen LogP contribution in [0, 0.1) is 10.1 Å². The number of methoxy groups -OCH3 is 2. The maximum Gasteiger partial charge on any atom is 0.273 e. The molecular weight excluding hydrogens is 276 g/mol. The van der Waals surface area contributed by atoms with Crippen molar-refractivity contribution >= 4 is 17.1 Å². The van der Waals surface area contributed by atoms with Crippen LogP contribution < -0.4 is 19.5 Å². The molecule has 1 heterocycles. The summed E-state index contributed by atoms with van der Waals surface area (Å²) in [7, 11) is 3.08. The monoisotopic (exact) mass is 288 g/mol. The Bertz CT molecular complexity index is 730. The summed E-state index contributed by atoms with van der Waals surface area (Å²) in [5.41, 5.74) is 1.25. The topological polar surface area (TPSA) is 82.9 Å². The highest BCUT2D eigenvalue weighted by molar-refractivity contribution is 5.81. The van der Waals surface area contributed by atoms with Gasteiger partial charge in [0.2, 0.25) is 0 Å². The van der Waals surface area contributed by atoms with Crippen molar-refractivity contribution in [2.45, 2.75) is 0 Å². The van der Waals surface area contributed by atoms with Gasteiger partial charge in [0.25, 0.3) is 5.69 Å². The number of non-ortho nitro benzene ring substituents is 1. The van der Waals surface area contributed by atoms with Gasteiger partial charge >= 0.3 is 0 Å². The van der Waals surface area contributed by atoms with E-state index in [1.165, 1.54) is 19.2 Å². The number of rotatable bonds is 3. The summed E-state index contributed by atoms with van der Waals surface area (Å²) in [5, 5.41) is 14.0. The normalized spacial score (nSPS) is 11.5. The first kappa shape index (κ1) is 13.0. The molecule has 2 aromatic rings. The van der Waals surface area contributed by atoms with Gasteiger partial charge in [-0.2, -0.15) is 0 Å². The van der Waals surface area contributed by atoms with Crippen LogP contribution in [0.1, 0.15) is 0 Å². The molecule has 7 heteroatoms. The fourth-order valence-electron chi connectivity index (χ4n) is 2.11. The average molecular weight is 288 g/mol. The van der Waals surface area contributed by atoms with E-state index in [1.807, 2.05) is 0 Å². The second-order valence-corrected chi connectivity index (χ2v) is 4.37. The molecule has 7 nitrogen and oxygen atoms in total. The minimum atomic E-state index is -0.467. The molecule has 0 atom stereocenters. The molecule has 108 valence electrons. The van der Waals surface area contributed by atoms with Gasteiger partial charge in [-0.25, -0.2) is 0 Å². The number of anilines is 2. The number of nitro benzene ring substituents is 1. The third-order valence-electron chi connectivity index (χ3n) is 3.15. The molecule has 21 heavy (non-hydrogen) atoms. The van der Waals surface area contributed by atoms with E-state index in [-0.39, 0.29) is 5.69 Å². The number of ether oxygens (including phenoxy) is 3. The van der Waals surface area contributed by atoms with E-state index in [0.717, 1.165) is 0 Å². The number of nitrogens with one attached hydrogen (secondary N) is 1. The Kier molecular flexibility index (Phi) is 3.02. The lowest BCUT2D eigenvalue weighted by Gasteiger charge is -2.23. The molecule has 0 fully saturated rings. The highest BCUT2D eigenvalue weighted by atomic mass is 16.6. The second kappa shape index (κ2) is 4.86. The molecule has 1 N–H and O–H groups in total. The zero-order chi connectivity index (χ0) is 15.0. The van der Waals surface area contributed by atoms with Crippen LogP contribution >= 0.6 is 0 Å². The zero-order valence-electron chi connectivity index (χ0n) is 11.4. The molecule has 2 aromatic carbocycles. The lowest BCUT2D eigenvalue weighted by molar-refractivity contribution is -0.384. The maximum absolute atomic E-state index is 10.8. The Morgan fingerprint density at radius 3 is 2.62 bits per heavy atom. The van der Waals surface area contributed by atoms with Crippen LogP contribution in [0.4, 0.5) is 17.1 Å². The molecule has 0 saturated carbocycles. The number of hydrogen-bond donors (Lipinski definition) is 1. The molecule has 0 bridgehead atoms. The van der Waals surface area contributed by atoms with Crippen molar-refractivity contribution in [2.75, 3.05) is 19.5 Å². The van der Waals surface area contributed by atoms with E-state index >= 15 is 0 Å². The lowest BCUT2D eigenvalue weighted by atomic mass is 10.1. The largest absolute Gasteiger partial charge is 0.496 e. The van der Waals surface area contributed by atoms with Crippen molar-refractivity contribution in [3.63, 3.8) is 0 Å². The number of nitro groups is 1.